The van der Waals surface area contributed by atoms with E-state index < -0.39 is 0 Å². The van der Waals surface area contributed by atoms with Crippen molar-refractivity contribution in [2.24, 2.45) is 5.73 Å². The van der Waals surface area contributed by atoms with Gasteiger partial charge in [0.25, 0.3) is 0 Å². The summed E-state index contributed by atoms with van der Waals surface area (Å²) in [5.74, 6) is 0.870. The smallest absolute Gasteiger partial charge is 0.155 e. The molecule has 3 nitrogen and oxygen atoms in total. The Labute approximate surface area is 103 Å². The molecule has 1 unspecified atom stereocenters. The van der Waals surface area contributed by atoms with Gasteiger partial charge in [-0.3, -0.25) is 5.41 Å². The van der Waals surface area contributed by atoms with E-state index in [1.54, 1.807) is 0 Å². The van der Waals surface area contributed by atoms with Crippen LogP contribution in [0.5, 0.6) is 5.75 Å². The first-order chi connectivity index (χ1) is 8.17. The maximum Gasteiger partial charge on any atom is 0.155 e. The summed E-state index contributed by atoms with van der Waals surface area (Å²) < 4.78 is 5.63. The van der Waals surface area contributed by atoms with Crippen LogP contribution in [0.15, 0.2) is 24.3 Å². The third-order valence-corrected chi connectivity index (χ3v) is 2.74. The molecule has 0 bridgehead atoms. The monoisotopic (exact) mass is 234 g/mol. The molecule has 0 radical (unpaired) electrons. The molecule has 0 saturated heterocycles. The minimum atomic E-state index is -0.309. The number of benzene rings is 1. The van der Waals surface area contributed by atoms with Gasteiger partial charge in [-0.25, -0.2) is 0 Å². The second kappa shape index (κ2) is 6.94. The van der Waals surface area contributed by atoms with Crippen molar-refractivity contribution in [3.63, 3.8) is 0 Å². The first-order valence-electron chi connectivity index (χ1n) is 6.26. The van der Waals surface area contributed by atoms with Gasteiger partial charge in [-0.2, -0.15) is 0 Å². The largest absolute Gasteiger partial charge is 0.483 e. The Hall–Kier alpha value is -1.51. The van der Waals surface area contributed by atoms with Crippen LogP contribution >= 0.6 is 0 Å². The van der Waals surface area contributed by atoms with Crippen molar-refractivity contribution in [3.8, 4) is 5.75 Å². The predicted molar refractivity (Wildman–Crippen MR) is 71.7 cm³/mol. The minimum Gasteiger partial charge on any atom is -0.483 e. The Balaban J connectivity index is 2.58. The van der Waals surface area contributed by atoms with Crippen molar-refractivity contribution in [2.75, 3.05) is 0 Å². The third-order valence-electron chi connectivity index (χ3n) is 2.74. The van der Waals surface area contributed by atoms with Crippen LogP contribution in [0.3, 0.4) is 0 Å². The molecule has 3 N–H and O–H groups in total. The fourth-order valence-electron chi connectivity index (χ4n) is 1.65. The Morgan fingerprint density at radius 1 is 1.29 bits per heavy atom. The summed E-state index contributed by atoms with van der Waals surface area (Å²) in [6.07, 6.45) is 3.94. The summed E-state index contributed by atoms with van der Waals surface area (Å²) in [6.45, 7) is 4.15. The van der Waals surface area contributed by atoms with Crippen LogP contribution in [0.25, 0.3) is 0 Å². The Bertz CT molecular complexity index is 346. The molecule has 1 aromatic rings. The number of ether oxygens (including phenoxy) is 1. The summed E-state index contributed by atoms with van der Waals surface area (Å²) in [5, 5.41) is 7.39. The normalized spacial score (nSPS) is 12.1. The highest BCUT2D eigenvalue weighted by Crippen LogP contribution is 2.16. The average Bonchev–Trinajstić information content (AvgIpc) is 2.34. The number of unbranched alkanes of at least 4 members (excludes halogenated alkanes) is 1. The van der Waals surface area contributed by atoms with Gasteiger partial charge in [0, 0.05) is 0 Å². The molecule has 0 spiro atoms. The second-order valence-electron chi connectivity index (χ2n) is 4.22. The Morgan fingerprint density at radius 2 is 1.94 bits per heavy atom. The SMILES string of the molecule is CCCCc1ccc(OC(CC)C(=N)N)cc1. The van der Waals surface area contributed by atoms with Crippen molar-refractivity contribution < 1.29 is 4.74 Å². The molecule has 0 amide bonds. The molecular formula is C14H22N2O. The lowest BCUT2D eigenvalue weighted by atomic mass is 10.1. The topological polar surface area (TPSA) is 59.1 Å². The minimum absolute atomic E-state index is 0.0857. The lowest BCUT2D eigenvalue weighted by molar-refractivity contribution is 0.260. The van der Waals surface area contributed by atoms with Gasteiger partial charge in [0.15, 0.2) is 6.10 Å². The van der Waals surface area contributed by atoms with Crippen LogP contribution in [-0.4, -0.2) is 11.9 Å². The van der Waals surface area contributed by atoms with Gasteiger partial charge >= 0.3 is 0 Å². The first kappa shape index (κ1) is 13.6. The van der Waals surface area contributed by atoms with Crippen LogP contribution in [0, 0.1) is 5.41 Å². The van der Waals surface area contributed by atoms with Gasteiger partial charge in [-0.1, -0.05) is 32.4 Å². The molecule has 17 heavy (non-hydrogen) atoms. The van der Waals surface area contributed by atoms with Gasteiger partial charge in [0.05, 0.1) is 0 Å². The number of rotatable bonds is 7. The van der Waals surface area contributed by atoms with Crippen molar-refractivity contribution in [1.82, 2.24) is 0 Å². The third kappa shape index (κ3) is 4.47. The van der Waals surface area contributed by atoms with Crippen molar-refractivity contribution in [2.45, 2.75) is 45.6 Å². The molecule has 0 aliphatic heterocycles. The van der Waals surface area contributed by atoms with Crippen LogP contribution in [0.2, 0.25) is 0 Å². The Morgan fingerprint density at radius 3 is 2.41 bits per heavy atom. The standard InChI is InChI=1S/C14H22N2O/c1-3-5-6-11-7-9-12(10-8-11)17-13(4-2)14(15)16/h7-10,13H,3-6H2,1-2H3,(H3,15,16). The maximum absolute atomic E-state index is 7.39. The van der Waals surface area contributed by atoms with Crippen LogP contribution in [0.4, 0.5) is 0 Å². The second-order valence-corrected chi connectivity index (χ2v) is 4.22. The molecule has 0 aliphatic carbocycles. The maximum atomic E-state index is 7.39. The van der Waals surface area contributed by atoms with Gasteiger partial charge in [-0.15, -0.1) is 0 Å². The average molecular weight is 234 g/mol. The first-order valence-corrected chi connectivity index (χ1v) is 6.26. The van der Waals surface area contributed by atoms with Gasteiger partial charge < -0.3 is 10.5 Å². The van der Waals surface area contributed by atoms with E-state index in [4.69, 9.17) is 15.9 Å². The molecule has 1 rings (SSSR count). The van der Waals surface area contributed by atoms with Gasteiger partial charge in [-0.05, 0) is 37.0 Å². The quantitative estimate of drug-likeness (QED) is 0.562. The number of aryl methyl sites for hydroxylation is 1. The van der Waals surface area contributed by atoms with E-state index in [-0.39, 0.29) is 11.9 Å². The number of hydrogen-bond acceptors (Lipinski definition) is 2. The van der Waals surface area contributed by atoms with Crippen molar-refractivity contribution in [3.05, 3.63) is 29.8 Å². The summed E-state index contributed by atoms with van der Waals surface area (Å²) in [6, 6.07) is 8.07. The molecule has 0 aromatic heterocycles. The number of hydrogen-bond donors (Lipinski definition) is 2. The number of nitrogens with one attached hydrogen (secondary N) is 1. The summed E-state index contributed by atoms with van der Waals surface area (Å²) in [5.41, 5.74) is 6.78. The number of amidine groups is 1. The van der Waals surface area contributed by atoms with E-state index in [9.17, 15) is 0 Å². The molecular weight excluding hydrogens is 212 g/mol. The zero-order valence-electron chi connectivity index (χ0n) is 10.7. The van der Waals surface area contributed by atoms with E-state index >= 15 is 0 Å². The van der Waals surface area contributed by atoms with E-state index in [1.807, 2.05) is 19.1 Å². The number of nitrogens with two attached hydrogens (primary N) is 1. The summed E-state index contributed by atoms with van der Waals surface area (Å²) >= 11 is 0. The zero-order valence-corrected chi connectivity index (χ0v) is 10.7. The lowest BCUT2D eigenvalue weighted by Gasteiger charge is -2.16. The van der Waals surface area contributed by atoms with E-state index in [2.05, 4.69) is 19.1 Å². The van der Waals surface area contributed by atoms with Crippen LogP contribution < -0.4 is 10.5 Å². The van der Waals surface area contributed by atoms with Crippen LogP contribution in [0.1, 0.15) is 38.7 Å². The van der Waals surface area contributed by atoms with Gasteiger partial charge in [0.1, 0.15) is 11.6 Å². The summed E-state index contributed by atoms with van der Waals surface area (Å²) in [7, 11) is 0. The molecule has 0 fully saturated rings. The molecule has 3 heteroatoms. The molecule has 0 heterocycles. The molecule has 0 aliphatic rings. The fourth-order valence-corrected chi connectivity index (χ4v) is 1.65. The highest BCUT2D eigenvalue weighted by molar-refractivity contribution is 5.81. The van der Waals surface area contributed by atoms with E-state index in [1.165, 1.54) is 18.4 Å². The van der Waals surface area contributed by atoms with Crippen molar-refractivity contribution >= 4 is 5.84 Å². The van der Waals surface area contributed by atoms with E-state index in [0.29, 0.717) is 6.42 Å². The molecule has 0 saturated carbocycles. The van der Waals surface area contributed by atoms with Crippen molar-refractivity contribution in [1.29, 1.82) is 5.41 Å². The molecule has 94 valence electrons. The van der Waals surface area contributed by atoms with E-state index in [0.717, 1.165) is 12.2 Å². The Kier molecular flexibility index (Phi) is 5.53. The summed E-state index contributed by atoms with van der Waals surface area (Å²) in [4.78, 5) is 0. The molecule has 1 aromatic carbocycles. The highest BCUT2D eigenvalue weighted by Gasteiger charge is 2.10. The lowest BCUT2D eigenvalue weighted by Crippen LogP contribution is -2.32. The zero-order chi connectivity index (χ0) is 12.7. The predicted octanol–water partition coefficient (Wildman–Crippen LogP) is 3.12. The van der Waals surface area contributed by atoms with Gasteiger partial charge in [0.2, 0.25) is 0 Å². The highest BCUT2D eigenvalue weighted by atomic mass is 16.5. The van der Waals surface area contributed by atoms with Crippen LogP contribution in [-0.2, 0) is 6.42 Å². The fraction of sp³-hybridized carbons (Fsp3) is 0.500. The molecule has 1 atom stereocenters.